The standard InChI is InChI=1S/C9H18N2O5S/c1-6(2)10(3)17(15,16)11-5-7(12)4-8(11)9(13)14/h6-8,12H,4-5H2,1-3H3,(H,13,14)/t7-,8+/m1/s1. The Labute approximate surface area is 101 Å². The lowest BCUT2D eigenvalue weighted by Gasteiger charge is -2.28. The van der Waals surface area contributed by atoms with Crippen LogP contribution in [0.15, 0.2) is 0 Å². The Morgan fingerprint density at radius 3 is 2.41 bits per heavy atom. The van der Waals surface area contributed by atoms with Crippen LogP contribution in [-0.4, -0.2) is 65.0 Å². The Kier molecular flexibility index (Phi) is 4.13. The van der Waals surface area contributed by atoms with Gasteiger partial charge in [0.05, 0.1) is 6.10 Å². The molecule has 0 aromatic rings. The summed E-state index contributed by atoms with van der Waals surface area (Å²) in [4.78, 5) is 11.0. The minimum absolute atomic E-state index is 0.0689. The van der Waals surface area contributed by atoms with E-state index >= 15 is 0 Å². The van der Waals surface area contributed by atoms with Crippen molar-refractivity contribution in [3.8, 4) is 0 Å². The van der Waals surface area contributed by atoms with Crippen LogP contribution in [0.4, 0.5) is 0 Å². The van der Waals surface area contributed by atoms with Crippen LogP contribution in [0.25, 0.3) is 0 Å². The highest BCUT2D eigenvalue weighted by molar-refractivity contribution is 7.86. The minimum atomic E-state index is -3.84. The molecule has 0 unspecified atom stereocenters. The first-order chi connectivity index (χ1) is 7.67. The van der Waals surface area contributed by atoms with Crippen molar-refractivity contribution in [1.29, 1.82) is 0 Å². The SMILES string of the molecule is CC(C)N(C)S(=O)(=O)N1C[C@H](O)C[C@H]1C(=O)O. The second-order valence-corrected chi connectivity index (χ2v) is 6.37. The molecule has 1 aliphatic heterocycles. The van der Waals surface area contributed by atoms with Gasteiger partial charge in [-0.2, -0.15) is 17.0 Å². The summed E-state index contributed by atoms with van der Waals surface area (Å²) in [6.45, 7) is 3.22. The van der Waals surface area contributed by atoms with Crippen LogP contribution in [0.5, 0.6) is 0 Å². The van der Waals surface area contributed by atoms with Gasteiger partial charge in [-0.1, -0.05) is 0 Å². The number of nitrogens with zero attached hydrogens (tertiary/aromatic N) is 2. The number of carbonyl (C=O) groups is 1. The maximum Gasteiger partial charge on any atom is 0.322 e. The van der Waals surface area contributed by atoms with Gasteiger partial charge in [-0.3, -0.25) is 4.79 Å². The van der Waals surface area contributed by atoms with Crippen LogP contribution in [-0.2, 0) is 15.0 Å². The van der Waals surface area contributed by atoms with Gasteiger partial charge in [-0.25, -0.2) is 0 Å². The number of rotatable bonds is 4. The van der Waals surface area contributed by atoms with Crippen molar-refractivity contribution in [2.75, 3.05) is 13.6 Å². The van der Waals surface area contributed by atoms with Gasteiger partial charge in [-0.05, 0) is 13.8 Å². The summed E-state index contributed by atoms with van der Waals surface area (Å²) in [5.74, 6) is -1.23. The molecule has 1 aliphatic rings. The summed E-state index contributed by atoms with van der Waals surface area (Å²) in [7, 11) is -2.45. The Balaban J connectivity index is 3.02. The third-order valence-electron chi connectivity index (χ3n) is 2.91. The van der Waals surface area contributed by atoms with Gasteiger partial charge >= 0.3 is 5.97 Å². The third-order valence-corrected chi connectivity index (χ3v) is 5.05. The van der Waals surface area contributed by atoms with Gasteiger partial charge in [0.15, 0.2) is 0 Å². The summed E-state index contributed by atoms with van der Waals surface area (Å²) in [6.07, 6.45) is -0.994. The van der Waals surface area contributed by atoms with Crippen LogP contribution in [0.3, 0.4) is 0 Å². The summed E-state index contributed by atoms with van der Waals surface area (Å²) in [5, 5.41) is 18.4. The molecule has 0 amide bonds. The number of aliphatic hydroxyl groups is 1. The highest BCUT2D eigenvalue weighted by Crippen LogP contribution is 2.24. The molecule has 8 heteroatoms. The van der Waals surface area contributed by atoms with Crippen LogP contribution < -0.4 is 0 Å². The van der Waals surface area contributed by atoms with E-state index in [9.17, 15) is 18.3 Å². The Hall–Kier alpha value is -0.700. The van der Waals surface area contributed by atoms with Crippen LogP contribution in [0.1, 0.15) is 20.3 Å². The zero-order valence-corrected chi connectivity index (χ0v) is 10.9. The zero-order chi connectivity index (χ0) is 13.4. The average molecular weight is 266 g/mol. The fraction of sp³-hybridized carbons (Fsp3) is 0.889. The highest BCUT2D eigenvalue weighted by atomic mass is 32.2. The predicted octanol–water partition coefficient (Wildman–Crippen LogP) is -0.909. The Morgan fingerprint density at radius 1 is 1.47 bits per heavy atom. The molecule has 7 nitrogen and oxygen atoms in total. The molecule has 0 bridgehead atoms. The number of carboxylic acid groups (broad SMARTS) is 1. The predicted molar refractivity (Wildman–Crippen MR) is 60.6 cm³/mol. The second-order valence-electron chi connectivity index (χ2n) is 4.43. The fourth-order valence-corrected chi connectivity index (χ4v) is 3.42. The third kappa shape index (κ3) is 2.76. The quantitative estimate of drug-likeness (QED) is 0.686. The lowest BCUT2D eigenvalue weighted by atomic mass is 10.2. The molecule has 0 aromatic heterocycles. The number of aliphatic hydroxyl groups excluding tert-OH is 1. The molecule has 1 saturated heterocycles. The van der Waals surface area contributed by atoms with E-state index in [0.717, 1.165) is 8.61 Å². The van der Waals surface area contributed by atoms with Crippen molar-refractivity contribution in [3.63, 3.8) is 0 Å². The van der Waals surface area contributed by atoms with Gasteiger partial charge < -0.3 is 10.2 Å². The minimum Gasteiger partial charge on any atom is -0.480 e. The number of β-amino-alcohol motifs (C(OH)–C–C–N with tert-alkyl or cyclic N) is 1. The van der Waals surface area contributed by atoms with Crippen LogP contribution in [0, 0.1) is 0 Å². The molecule has 1 rings (SSSR count). The normalized spacial score (nSPS) is 26.9. The van der Waals surface area contributed by atoms with Crippen LogP contribution in [0.2, 0.25) is 0 Å². The molecule has 0 spiro atoms. The zero-order valence-electron chi connectivity index (χ0n) is 10.1. The molecule has 100 valence electrons. The van der Waals surface area contributed by atoms with Crippen molar-refractivity contribution >= 4 is 16.2 Å². The molecule has 0 saturated carbocycles. The maximum absolute atomic E-state index is 12.1. The number of aliphatic carboxylic acids is 1. The molecule has 0 aliphatic carbocycles. The van der Waals surface area contributed by atoms with Crippen LogP contribution >= 0.6 is 0 Å². The van der Waals surface area contributed by atoms with E-state index in [2.05, 4.69) is 0 Å². The molecule has 17 heavy (non-hydrogen) atoms. The first-order valence-corrected chi connectivity index (χ1v) is 6.73. The molecule has 0 radical (unpaired) electrons. The Bertz CT molecular complexity index is 394. The van der Waals surface area contributed by atoms with E-state index in [0.29, 0.717) is 0 Å². The first kappa shape index (κ1) is 14.4. The second kappa shape index (κ2) is 4.89. The summed E-state index contributed by atoms with van der Waals surface area (Å²) in [5.41, 5.74) is 0. The van der Waals surface area contributed by atoms with Crippen molar-refractivity contribution in [2.24, 2.45) is 0 Å². The van der Waals surface area contributed by atoms with E-state index < -0.39 is 28.3 Å². The van der Waals surface area contributed by atoms with Gasteiger partial charge in [-0.15, -0.1) is 0 Å². The molecule has 1 fully saturated rings. The molecular weight excluding hydrogens is 248 g/mol. The highest BCUT2D eigenvalue weighted by Gasteiger charge is 2.44. The van der Waals surface area contributed by atoms with E-state index in [1.54, 1.807) is 13.8 Å². The lowest BCUT2D eigenvalue weighted by molar-refractivity contribution is -0.140. The molecule has 0 aromatic carbocycles. The van der Waals surface area contributed by atoms with Crippen molar-refractivity contribution in [2.45, 2.75) is 38.5 Å². The number of carboxylic acids is 1. The first-order valence-electron chi connectivity index (χ1n) is 5.33. The molecule has 2 N–H and O–H groups in total. The maximum atomic E-state index is 12.1. The smallest absolute Gasteiger partial charge is 0.322 e. The average Bonchev–Trinajstić information content (AvgIpc) is 2.59. The van der Waals surface area contributed by atoms with Gasteiger partial charge in [0.1, 0.15) is 6.04 Å². The topological polar surface area (TPSA) is 98.2 Å². The van der Waals surface area contributed by atoms with Crippen molar-refractivity contribution < 1.29 is 23.4 Å². The number of hydrogen-bond donors (Lipinski definition) is 2. The van der Waals surface area contributed by atoms with E-state index in [1.165, 1.54) is 7.05 Å². The van der Waals surface area contributed by atoms with Gasteiger partial charge in [0.2, 0.25) is 0 Å². The summed E-state index contributed by atoms with van der Waals surface area (Å²) in [6, 6.07) is -1.46. The summed E-state index contributed by atoms with van der Waals surface area (Å²) >= 11 is 0. The van der Waals surface area contributed by atoms with E-state index in [1.807, 2.05) is 0 Å². The van der Waals surface area contributed by atoms with Gasteiger partial charge in [0.25, 0.3) is 10.2 Å². The van der Waals surface area contributed by atoms with Crippen molar-refractivity contribution in [1.82, 2.24) is 8.61 Å². The van der Waals surface area contributed by atoms with Crippen molar-refractivity contribution in [3.05, 3.63) is 0 Å². The molecular formula is C9H18N2O5S. The number of hydrogen-bond acceptors (Lipinski definition) is 4. The van der Waals surface area contributed by atoms with E-state index in [4.69, 9.17) is 5.11 Å². The lowest BCUT2D eigenvalue weighted by Crippen LogP contribution is -2.49. The largest absolute Gasteiger partial charge is 0.480 e. The van der Waals surface area contributed by atoms with Gasteiger partial charge in [0, 0.05) is 26.1 Å². The molecule has 2 atom stereocenters. The van der Waals surface area contributed by atoms with E-state index in [-0.39, 0.29) is 19.0 Å². The fourth-order valence-electron chi connectivity index (χ4n) is 1.70. The monoisotopic (exact) mass is 266 g/mol. The summed E-state index contributed by atoms with van der Waals surface area (Å²) < 4.78 is 26.2. The Morgan fingerprint density at radius 2 is 2.00 bits per heavy atom. The molecule has 1 heterocycles.